The molecule has 1 aromatic carbocycles. The van der Waals surface area contributed by atoms with Crippen LogP contribution in [0, 0.1) is 24.0 Å². The molecule has 0 amide bonds. The highest BCUT2D eigenvalue weighted by molar-refractivity contribution is 7.99. The molecule has 0 aliphatic heterocycles. The Bertz CT molecular complexity index is 646. The fraction of sp³-hybridized carbons (Fsp3) is 0.167. The Morgan fingerprint density at radius 3 is 2.79 bits per heavy atom. The molecule has 1 aromatic heterocycles. The quantitative estimate of drug-likeness (QED) is 0.526. The largest absolute Gasteiger partial charge is 0.368 e. The number of benzene rings is 1. The van der Waals surface area contributed by atoms with Gasteiger partial charge in [0.15, 0.2) is 5.03 Å². The second-order valence-corrected chi connectivity index (χ2v) is 5.08. The average molecular weight is 276 g/mol. The molecular formula is C12H12N4O2S. The summed E-state index contributed by atoms with van der Waals surface area (Å²) in [5.41, 5.74) is 7.46. The first-order chi connectivity index (χ1) is 8.97. The lowest BCUT2D eigenvalue weighted by Gasteiger charge is -2.06. The van der Waals surface area contributed by atoms with E-state index in [9.17, 15) is 10.1 Å². The number of rotatable bonds is 3. The molecule has 0 atom stereocenters. The van der Waals surface area contributed by atoms with E-state index in [0.29, 0.717) is 0 Å². The van der Waals surface area contributed by atoms with Crippen LogP contribution < -0.4 is 5.73 Å². The summed E-state index contributed by atoms with van der Waals surface area (Å²) in [7, 11) is 0. The molecule has 6 nitrogen and oxygen atoms in total. The number of aromatic nitrogens is 2. The van der Waals surface area contributed by atoms with Gasteiger partial charge in [0.1, 0.15) is 6.20 Å². The van der Waals surface area contributed by atoms with E-state index in [1.165, 1.54) is 11.8 Å². The van der Waals surface area contributed by atoms with Gasteiger partial charge in [-0.3, -0.25) is 10.1 Å². The van der Waals surface area contributed by atoms with Crippen molar-refractivity contribution in [1.82, 2.24) is 9.97 Å². The maximum atomic E-state index is 10.9. The third kappa shape index (κ3) is 3.00. The van der Waals surface area contributed by atoms with E-state index in [1.807, 2.05) is 32.0 Å². The van der Waals surface area contributed by atoms with Crippen molar-refractivity contribution in [3.05, 3.63) is 45.6 Å². The number of hydrogen-bond donors (Lipinski definition) is 1. The smallest absolute Gasteiger partial charge is 0.320 e. The molecular weight excluding hydrogens is 264 g/mol. The van der Waals surface area contributed by atoms with Crippen molar-refractivity contribution in [3.8, 4) is 0 Å². The summed E-state index contributed by atoms with van der Waals surface area (Å²) < 4.78 is 0. The minimum absolute atomic E-state index is 0.0263. The summed E-state index contributed by atoms with van der Waals surface area (Å²) in [4.78, 5) is 19.0. The van der Waals surface area contributed by atoms with E-state index in [2.05, 4.69) is 9.97 Å². The van der Waals surface area contributed by atoms with E-state index in [4.69, 9.17) is 5.73 Å². The van der Waals surface area contributed by atoms with Crippen LogP contribution in [0.5, 0.6) is 0 Å². The maximum Gasteiger partial charge on any atom is 0.320 e. The first-order valence-electron chi connectivity index (χ1n) is 5.49. The van der Waals surface area contributed by atoms with E-state index >= 15 is 0 Å². The molecule has 0 saturated heterocycles. The average Bonchev–Trinajstić information content (AvgIpc) is 2.33. The predicted octanol–water partition coefficient (Wildman–Crippen LogP) is 2.74. The van der Waals surface area contributed by atoms with Crippen molar-refractivity contribution in [2.75, 3.05) is 5.73 Å². The van der Waals surface area contributed by atoms with E-state index in [1.54, 1.807) is 0 Å². The number of nitrogen functional groups attached to an aromatic ring is 1. The molecule has 0 spiro atoms. The van der Waals surface area contributed by atoms with E-state index < -0.39 is 4.92 Å². The highest BCUT2D eigenvalue weighted by atomic mass is 32.2. The summed E-state index contributed by atoms with van der Waals surface area (Å²) in [6.07, 6.45) is 1.13. The zero-order chi connectivity index (χ0) is 14.0. The van der Waals surface area contributed by atoms with Crippen LogP contribution in [0.3, 0.4) is 0 Å². The van der Waals surface area contributed by atoms with Gasteiger partial charge in [-0.05, 0) is 31.0 Å². The minimum Gasteiger partial charge on any atom is -0.368 e. The van der Waals surface area contributed by atoms with Crippen LogP contribution in [0.1, 0.15) is 11.1 Å². The topological polar surface area (TPSA) is 94.9 Å². The zero-order valence-electron chi connectivity index (χ0n) is 10.5. The number of nitro groups is 1. The summed E-state index contributed by atoms with van der Waals surface area (Å²) in [6.45, 7) is 3.91. The summed E-state index contributed by atoms with van der Waals surface area (Å²) in [5.74, 6) is 0.0263. The molecule has 0 fully saturated rings. The maximum absolute atomic E-state index is 10.9. The Hall–Kier alpha value is -2.15. The molecule has 0 aliphatic carbocycles. The Morgan fingerprint density at radius 2 is 2.11 bits per heavy atom. The second-order valence-electron chi connectivity index (χ2n) is 4.05. The molecule has 0 saturated carbocycles. The number of nitrogens with two attached hydrogens (primary N) is 1. The third-order valence-electron chi connectivity index (χ3n) is 2.50. The van der Waals surface area contributed by atoms with Crippen molar-refractivity contribution in [2.45, 2.75) is 23.8 Å². The van der Waals surface area contributed by atoms with Gasteiger partial charge in [0.25, 0.3) is 0 Å². The first kappa shape index (κ1) is 13.3. The lowest BCUT2D eigenvalue weighted by atomic mass is 10.2. The fourth-order valence-corrected chi connectivity index (χ4v) is 2.55. The van der Waals surface area contributed by atoms with Crippen LogP contribution in [0.15, 0.2) is 34.3 Å². The van der Waals surface area contributed by atoms with E-state index in [0.717, 1.165) is 22.2 Å². The summed E-state index contributed by atoms with van der Waals surface area (Å²) in [5, 5.41) is 11.2. The molecule has 19 heavy (non-hydrogen) atoms. The van der Waals surface area contributed by atoms with Crippen LogP contribution in [0.25, 0.3) is 0 Å². The van der Waals surface area contributed by atoms with Gasteiger partial charge in [-0.1, -0.05) is 23.9 Å². The zero-order valence-corrected chi connectivity index (χ0v) is 11.3. The van der Waals surface area contributed by atoms with Gasteiger partial charge in [0.05, 0.1) is 4.92 Å². The van der Waals surface area contributed by atoms with Crippen molar-refractivity contribution in [3.63, 3.8) is 0 Å². The van der Waals surface area contributed by atoms with Gasteiger partial charge in [0.2, 0.25) is 5.95 Å². The molecule has 0 bridgehead atoms. The molecule has 0 unspecified atom stereocenters. The number of aryl methyl sites for hydroxylation is 2. The molecule has 98 valence electrons. The predicted molar refractivity (Wildman–Crippen MR) is 73.1 cm³/mol. The lowest BCUT2D eigenvalue weighted by molar-refractivity contribution is -0.388. The second kappa shape index (κ2) is 5.23. The van der Waals surface area contributed by atoms with Crippen molar-refractivity contribution in [1.29, 1.82) is 0 Å². The van der Waals surface area contributed by atoms with E-state index in [-0.39, 0.29) is 16.7 Å². The first-order valence-corrected chi connectivity index (χ1v) is 6.31. The molecule has 2 rings (SSSR count). The number of hydrogen-bond acceptors (Lipinski definition) is 6. The number of nitrogens with zero attached hydrogens (tertiary/aromatic N) is 3. The van der Waals surface area contributed by atoms with Crippen LogP contribution in [0.4, 0.5) is 11.6 Å². The Labute approximate surface area is 114 Å². The minimum atomic E-state index is -0.507. The van der Waals surface area contributed by atoms with Crippen LogP contribution in [0.2, 0.25) is 0 Å². The van der Waals surface area contributed by atoms with Gasteiger partial charge in [-0.15, -0.1) is 0 Å². The third-order valence-corrected chi connectivity index (χ3v) is 3.65. The number of anilines is 1. The monoisotopic (exact) mass is 276 g/mol. The van der Waals surface area contributed by atoms with Gasteiger partial charge in [-0.2, -0.15) is 4.98 Å². The SMILES string of the molecule is Cc1ccc(C)c(Sc2nc(N)ncc2[N+](=O)[O-])c1. The highest BCUT2D eigenvalue weighted by Crippen LogP contribution is 2.35. The molecule has 0 radical (unpaired) electrons. The van der Waals surface area contributed by atoms with Crippen molar-refractivity contribution in [2.24, 2.45) is 0 Å². The van der Waals surface area contributed by atoms with Gasteiger partial charge < -0.3 is 5.73 Å². The van der Waals surface area contributed by atoms with Crippen LogP contribution in [-0.2, 0) is 0 Å². The normalized spacial score (nSPS) is 10.4. The van der Waals surface area contributed by atoms with Gasteiger partial charge in [-0.25, -0.2) is 4.98 Å². The van der Waals surface area contributed by atoms with Gasteiger partial charge >= 0.3 is 5.69 Å². The van der Waals surface area contributed by atoms with Crippen molar-refractivity contribution < 1.29 is 4.92 Å². The summed E-state index contributed by atoms with van der Waals surface area (Å²) in [6, 6.07) is 5.91. The lowest BCUT2D eigenvalue weighted by Crippen LogP contribution is -2.00. The summed E-state index contributed by atoms with van der Waals surface area (Å²) >= 11 is 1.22. The Kier molecular flexibility index (Phi) is 3.66. The highest BCUT2D eigenvalue weighted by Gasteiger charge is 2.18. The molecule has 1 heterocycles. The van der Waals surface area contributed by atoms with Gasteiger partial charge in [0, 0.05) is 4.90 Å². The molecule has 2 aromatic rings. The molecule has 2 N–H and O–H groups in total. The fourth-order valence-electron chi connectivity index (χ4n) is 1.49. The van der Waals surface area contributed by atoms with Crippen molar-refractivity contribution >= 4 is 23.4 Å². The standard InChI is InChI=1S/C12H12N4O2S/c1-7-3-4-8(2)10(5-7)19-11-9(16(17)18)6-14-12(13)15-11/h3-6H,1-2H3,(H2,13,14,15). The Balaban J connectivity index is 2.45. The van der Waals surface area contributed by atoms with Crippen LogP contribution in [-0.4, -0.2) is 14.9 Å². The van der Waals surface area contributed by atoms with Crippen LogP contribution >= 0.6 is 11.8 Å². The molecule has 7 heteroatoms. The molecule has 0 aliphatic rings. The Morgan fingerprint density at radius 1 is 1.37 bits per heavy atom.